The molecule has 1 N–H and O–H groups in total. The van der Waals surface area contributed by atoms with Gasteiger partial charge in [0.25, 0.3) is 5.91 Å². The van der Waals surface area contributed by atoms with Gasteiger partial charge in [-0.25, -0.2) is 9.59 Å². The topological polar surface area (TPSA) is 94.8 Å². The van der Waals surface area contributed by atoms with Crippen LogP contribution in [-0.2, 0) is 9.53 Å². The van der Waals surface area contributed by atoms with Crippen LogP contribution in [0.3, 0.4) is 0 Å². The number of para-hydroxylation sites is 1. The number of rotatable bonds is 5. The molecule has 1 heterocycles. The first-order valence-corrected chi connectivity index (χ1v) is 9.31. The zero-order chi connectivity index (χ0) is 20.3. The van der Waals surface area contributed by atoms with E-state index in [2.05, 4.69) is 27.9 Å². The van der Waals surface area contributed by atoms with Crippen molar-refractivity contribution in [3.63, 3.8) is 0 Å². The normalized spacial score (nSPS) is 10.5. The second kappa shape index (κ2) is 8.42. The first-order valence-electron chi connectivity index (χ1n) is 8.23. The number of nitrogens with one attached hydrogen (secondary N) is 1. The number of benzene rings is 2. The van der Waals surface area contributed by atoms with Gasteiger partial charge in [-0.15, -0.1) is 0 Å². The Morgan fingerprint density at radius 2 is 1.96 bits per heavy atom. The number of carbonyl (C=O) groups is 2. The predicted molar refractivity (Wildman–Crippen MR) is 112 cm³/mol. The maximum atomic E-state index is 12.2. The molecule has 0 atom stereocenters. The third-order valence-electron chi connectivity index (χ3n) is 3.96. The van der Waals surface area contributed by atoms with Crippen LogP contribution in [0.5, 0.6) is 5.75 Å². The smallest absolute Gasteiger partial charge is 0.351 e. The summed E-state index contributed by atoms with van der Waals surface area (Å²) in [6.07, 6.45) is 0. The van der Waals surface area contributed by atoms with Crippen molar-refractivity contribution in [2.75, 3.05) is 19.0 Å². The third-order valence-corrected chi connectivity index (χ3v) is 4.63. The lowest BCUT2D eigenvalue weighted by Crippen LogP contribution is -2.24. The van der Waals surface area contributed by atoms with E-state index in [1.54, 1.807) is 24.3 Å². The van der Waals surface area contributed by atoms with Gasteiger partial charge in [-0.05, 0) is 65.4 Å². The molecule has 0 aliphatic carbocycles. The summed E-state index contributed by atoms with van der Waals surface area (Å²) in [6, 6.07) is 11.9. The average molecular weight is 493 g/mol. The van der Waals surface area contributed by atoms with Crippen LogP contribution in [0.4, 0.5) is 5.69 Å². The molecule has 0 radical (unpaired) electrons. The van der Waals surface area contributed by atoms with E-state index in [9.17, 15) is 14.4 Å². The standard InChI is InChI=1S/C20H16INO6/c1-11-8-13(21)6-7-15(11)22-17(23)10-27-19(24)14-9-12-4-3-5-16(26-2)18(12)28-20(14)25/h3-9H,10H2,1-2H3,(H,22,23). The van der Waals surface area contributed by atoms with Gasteiger partial charge in [0.05, 0.1) is 7.11 Å². The molecule has 0 aliphatic heterocycles. The summed E-state index contributed by atoms with van der Waals surface area (Å²) in [5.74, 6) is -1.07. The minimum Gasteiger partial charge on any atom is -0.493 e. The van der Waals surface area contributed by atoms with Crippen LogP contribution >= 0.6 is 22.6 Å². The number of fused-ring (bicyclic) bond motifs is 1. The molecule has 7 nitrogen and oxygen atoms in total. The Balaban J connectivity index is 1.71. The van der Waals surface area contributed by atoms with Gasteiger partial charge in [0.2, 0.25) is 0 Å². The molecule has 0 saturated carbocycles. The minimum atomic E-state index is -0.937. The summed E-state index contributed by atoms with van der Waals surface area (Å²) in [5, 5.41) is 3.17. The highest BCUT2D eigenvalue weighted by atomic mass is 127. The Hall–Kier alpha value is -2.88. The number of anilines is 1. The van der Waals surface area contributed by atoms with Gasteiger partial charge in [-0.3, -0.25) is 4.79 Å². The summed E-state index contributed by atoms with van der Waals surface area (Å²) in [4.78, 5) is 36.4. The molecule has 0 saturated heterocycles. The fourth-order valence-electron chi connectivity index (χ4n) is 2.58. The number of ether oxygens (including phenoxy) is 2. The minimum absolute atomic E-state index is 0.235. The van der Waals surface area contributed by atoms with Gasteiger partial charge in [0.15, 0.2) is 17.9 Å². The van der Waals surface area contributed by atoms with E-state index in [1.807, 2.05) is 19.1 Å². The quantitative estimate of drug-likeness (QED) is 0.332. The Morgan fingerprint density at radius 1 is 1.18 bits per heavy atom. The fraction of sp³-hybridized carbons (Fsp3) is 0.150. The molecule has 28 heavy (non-hydrogen) atoms. The summed E-state index contributed by atoms with van der Waals surface area (Å²) in [5.41, 5.74) is 0.586. The van der Waals surface area contributed by atoms with Gasteiger partial charge in [-0.1, -0.05) is 12.1 Å². The number of hydrogen-bond acceptors (Lipinski definition) is 6. The van der Waals surface area contributed by atoms with E-state index in [0.29, 0.717) is 16.8 Å². The van der Waals surface area contributed by atoms with E-state index in [1.165, 1.54) is 13.2 Å². The molecule has 3 rings (SSSR count). The number of amides is 1. The van der Waals surface area contributed by atoms with Crippen LogP contribution in [0, 0.1) is 10.5 Å². The number of hydrogen-bond donors (Lipinski definition) is 1. The molecule has 3 aromatic rings. The molecule has 0 spiro atoms. The Labute approximate surface area is 173 Å². The lowest BCUT2D eigenvalue weighted by molar-refractivity contribution is -0.119. The molecule has 144 valence electrons. The summed E-state index contributed by atoms with van der Waals surface area (Å²) in [7, 11) is 1.45. The van der Waals surface area contributed by atoms with Crippen LogP contribution < -0.4 is 15.7 Å². The van der Waals surface area contributed by atoms with E-state index in [0.717, 1.165) is 9.13 Å². The maximum absolute atomic E-state index is 12.2. The zero-order valence-electron chi connectivity index (χ0n) is 15.1. The van der Waals surface area contributed by atoms with E-state index in [-0.39, 0.29) is 11.1 Å². The van der Waals surface area contributed by atoms with E-state index in [4.69, 9.17) is 13.9 Å². The number of aryl methyl sites for hydroxylation is 1. The molecule has 0 fully saturated rings. The second-order valence-corrected chi connectivity index (χ2v) is 7.16. The molecule has 0 aliphatic rings. The Morgan fingerprint density at radius 3 is 2.68 bits per heavy atom. The van der Waals surface area contributed by atoms with Crippen molar-refractivity contribution in [2.24, 2.45) is 0 Å². The first-order chi connectivity index (χ1) is 13.4. The molecular formula is C20H16INO6. The molecule has 2 aromatic carbocycles. The molecule has 1 amide bonds. The molecular weight excluding hydrogens is 477 g/mol. The highest BCUT2D eigenvalue weighted by Crippen LogP contribution is 2.24. The Bertz CT molecular complexity index is 1120. The monoisotopic (exact) mass is 493 g/mol. The molecule has 0 bridgehead atoms. The fourth-order valence-corrected chi connectivity index (χ4v) is 3.23. The predicted octanol–water partition coefficient (Wildman–Crippen LogP) is 3.51. The van der Waals surface area contributed by atoms with Crippen molar-refractivity contribution >= 4 is 51.1 Å². The second-order valence-electron chi connectivity index (χ2n) is 5.91. The largest absolute Gasteiger partial charge is 0.493 e. The average Bonchev–Trinajstić information content (AvgIpc) is 2.67. The summed E-state index contributed by atoms with van der Waals surface area (Å²) >= 11 is 2.17. The number of esters is 1. The van der Waals surface area contributed by atoms with Crippen molar-refractivity contribution in [3.8, 4) is 5.75 Å². The van der Waals surface area contributed by atoms with E-state index >= 15 is 0 Å². The van der Waals surface area contributed by atoms with Crippen molar-refractivity contribution in [2.45, 2.75) is 6.92 Å². The van der Waals surface area contributed by atoms with Gasteiger partial charge >= 0.3 is 11.6 Å². The van der Waals surface area contributed by atoms with Gasteiger partial charge < -0.3 is 19.2 Å². The van der Waals surface area contributed by atoms with Gasteiger partial charge in [-0.2, -0.15) is 0 Å². The zero-order valence-corrected chi connectivity index (χ0v) is 17.2. The highest BCUT2D eigenvalue weighted by Gasteiger charge is 2.18. The maximum Gasteiger partial charge on any atom is 0.351 e. The van der Waals surface area contributed by atoms with E-state index < -0.39 is 24.1 Å². The van der Waals surface area contributed by atoms with Crippen LogP contribution in [0.15, 0.2) is 51.7 Å². The SMILES string of the molecule is COc1cccc2cc(C(=O)OCC(=O)Nc3ccc(I)cc3C)c(=O)oc12. The summed E-state index contributed by atoms with van der Waals surface area (Å²) in [6.45, 7) is 1.33. The van der Waals surface area contributed by atoms with Crippen molar-refractivity contribution < 1.29 is 23.5 Å². The van der Waals surface area contributed by atoms with Crippen LogP contribution in [0.25, 0.3) is 11.0 Å². The van der Waals surface area contributed by atoms with Crippen LogP contribution in [0.1, 0.15) is 15.9 Å². The number of halogens is 1. The number of methoxy groups -OCH3 is 1. The van der Waals surface area contributed by atoms with Crippen LogP contribution in [-0.4, -0.2) is 25.6 Å². The van der Waals surface area contributed by atoms with Crippen LogP contribution in [0.2, 0.25) is 0 Å². The molecule has 1 aromatic heterocycles. The van der Waals surface area contributed by atoms with Gasteiger partial charge in [0, 0.05) is 14.6 Å². The third kappa shape index (κ3) is 4.33. The molecule has 0 unspecified atom stereocenters. The number of carbonyl (C=O) groups excluding carboxylic acids is 2. The highest BCUT2D eigenvalue weighted by molar-refractivity contribution is 14.1. The first kappa shape index (κ1) is 19.9. The Kier molecular flexibility index (Phi) is 5.98. The van der Waals surface area contributed by atoms with Crippen molar-refractivity contribution in [1.29, 1.82) is 0 Å². The molecule has 8 heteroatoms. The van der Waals surface area contributed by atoms with Crippen molar-refractivity contribution in [3.05, 3.63) is 67.6 Å². The summed E-state index contributed by atoms with van der Waals surface area (Å²) < 4.78 is 16.3. The van der Waals surface area contributed by atoms with Gasteiger partial charge in [0.1, 0.15) is 5.56 Å². The lowest BCUT2D eigenvalue weighted by atomic mass is 10.2. The lowest BCUT2D eigenvalue weighted by Gasteiger charge is -2.09. The van der Waals surface area contributed by atoms with Crippen molar-refractivity contribution in [1.82, 2.24) is 0 Å².